The highest BCUT2D eigenvalue weighted by Crippen LogP contribution is 2.45. The maximum absolute atomic E-state index is 14.1. The van der Waals surface area contributed by atoms with Gasteiger partial charge in [-0.05, 0) is 61.6 Å². The van der Waals surface area contributed by atoms with Gasteiger partial charge < -0.3 is 9.42 Å². The topological polar surface area (TPSA) is 81.2 Å². The molecule has 1 saturated heterocycles. The molecule has 0 bridgehead atoms. The van der Waals surface area contributed by atoms with E-state index in [4.69, 9.17) is 9.51 Å². The Morgan fingerprint density at radius 3 is 2.61 bits per heavy atom. The van der Waals surface area contributed by atoms with Crippen LogP contribution in [0.3, 0.4) is 0 Å². The molecule has 0 saturated carbocycles. The summed E-state index contributed by atoms with van der Waals surface area (Å²) in [4.78, 5) is 31.5. The van der Waals surface area contributed by atoms with E-state index in [0.29, 0.717) is 29.3 Å². The van der Waals surface area contributed by atoms with E-state index in [1.165, 1.54) is 11.0 Å². The van der Waals surface area contributed by atoms with Gasteiger partial charge in [0.25, 0.3) is 0 Å². The summed E-state index contributed by atoms with van der Waals surface area (Å²) in [7, 11) is 0. The molecular weight excluding hydrogens is 486 g/mol. The van der Waals surface area contributed by atoms with E-state index in [-0.39, 0.29) is 23.8 Å². The van der Waals surface area contributed by atoms with Gasteiger partial charge in [0.05, 0.1) is 28.5 Å². The molecule has 0 N–H and O–H groups in total. The van der Waals surface area contributed by atoms with E-state index in [1.54, 1.807) is 6.08 Å². The fraction of sp³-hybridized carbons (Fsp3) is 0.231. The Hall–Kier alpha value is -3.79. The lowest BCUT2D eigenvalue weighted by molar-refractivity contribution is -0.117. The number of aryl methyl sites for hydroxylation is 2. The zero-order valence-corrected chi connectivity index (χ0v) is 20.4. The van der Waals surface area contributed by atoms with Crippen molar-refractivity contribution in [2.75, 3.05) is 10.7 Å². The van der Waals surface area contributed by atoms with Crippen molar-refractivity contribution in [3.05, 3.63) is 76.8 Å². The van der Waals surface area contributed by atoms with E-state index in [0.717, 1.165) is 34.5 Å². The first kappa shape index (κ1) is 22.7. The first-order valence-corrected chi connectivity index (χ1v) is 13.1. The van der Waals surface area contributed by atoms with Gasteiger partial charge in [0, 0.05) is 23.7 Å². The number of nitrogens with zero attached hydrogens (tertiary/aromatic N) is 4. The summed E-state index contributed by atoms with van der Waals surface area (Å²) in [6.07, 6.45) is 2.31. The van der Waals surface area contributed by atoms with Gasteiger partial charge in [-0.3, -0.25) is 13.6 Å². The average Bonchev–Trinajstić information content (AvgIpc) is 3.61. The Kier molecular flexibility index (Phi) is 5.29. The zero-order chi connectivity index (χ0) is 25.1. The Labute approximate surface area is 207 Å². The van der Waals surface area contributed by atoms with Crippen LogP contribution < -0.4 is 4.90 Å². The summed E-state index contributed by atoms with van der Waals surface area (Å²) in [5, 5.41) is 5.96. The number of anilines is 1. The van der Waals surface area contributed by atoms with Crippen LogP contribution in [-0.4, -0.2) is 31.6 Å². The molecule has 10 heteroatoms. The lowest BCUT2D eigenvalue weighted by Crippen LogP contribution is -2.29. The first-order valence-electron chi connectivity index (χ1n) is 11.5. The molecule has 4 aromatic rings. The van der Waals surface area contributed by atoms with E-state index in [1.807, 2.05) is 37.5 Å². The second-order valence-corrected chi connectivity index (χ2v) is 10.9. The molecular formula is C26H22F2N4O3S. The van der Waals surface area contributed by atoms with Crippen LogP contribution in [-0.2, 0) is 9.59 Å². The van der Waals surface area contributed by atoms with Gasteiger partial charge in [-0.15, -0.1) is 11.1 Å². The van der Waals surface area contributed by atoms with Crippen LogP contribution >= 0.6 is 11.1 Å². The van der Waals surface area contributed by atoms with E-state index < -0.39 is 28.8 Å². The summed E-state index contributed by atoms with van der Waals surface area (Å²) in [5.74, 6) is -0.455. The fourth-order valence-corrected chi connectivity index (χ4v) is 7.11. The van der Waals surface area contributed by atoms with E-state index in [2.05, 4.69) is 9.13 Å². The number of amides is 1. The molecule has 1 amide bonds. The molecule has 6 rings (SSSR count). The average molecular weight is 509 g/mol. The van der Waals surface area contributed by atoms with Crippen LogP contribution in [0.4, 0.5) is 14.5 Å². The van der Waals surface area contributed by atoms with Crippen molar-refractivity contribution in [1.82, 2.24) is 14.1 Å². The third-order valence-corrected chi connectivity index (χ3v) is 8.74. The van der Waals surface area contributed by atoms with Gasteiger partial charge >= 0.3 is 0 Å². The summed E-state index contributed by atoms with van der Waals surface area (Å²) >= 11 is -1.04. The van der Waals surface area contributed by atoms with Gasteiger partial charge in [0.2, 0.25) is 5.91 Å². The molecule has 4 heterocycles. The zero-order valence-electron chi connectivity index (χ0n) is 19.5. The van der Waals surface area contributed by atoms with Crippen LogP contribution in [0.25, 0.3) is 22.2 Å². The Morgan fingerprint density at radius 2 is 1.92 bits per heavy atom. The number of imidazole rings is 1. The second kappa shape index (κ2) is 8.41. The fourth-order valence-electron chi connectivity index (χ4n) is 5.08. The van der Waals surface area contributed by atoms with Gasteiger partial charge in [-0.2, -0.15) is 0 Å². The smallest absolute Gasteiger partial charge is 0.227 e. The Bertz CT molecular complexity index is 1570. The predicted molar refractivity (Wildman–Crippen MR) is 134 cm³/mol. The molecule has 2 aliphatic rings. The van der Waals surface area contributed by atoms with Gasteiger partial charge in [-0.25, -0.2) is 13.8 Å². The number of carbonyl (C=O) groups excluding carboxylic acids is 2. The quantitative estimate of drug-likeness (QED) is 0.378. The molecule has 1 fully saturated rings. The minimum Gasteiger partial charge on any atom is -0.361 e. The number of hydrogen-bond acceptors (Lipinski definition) is 5. The number of ketones is 1. The predicted octanol–water partition coefficient (Wildman–Crippen LogP) is 5.32. The highest BCUT2D eigenvalue weighted by molar-refractivity contribution is 8.19. The SMILES string of the molecule is Cc1noc(C)c1-c1ccc2c(c1)nc([C@@H]1CCC(=O)N1c1ccc(F)c(F)c1)n2[SH]1C=CC(=O)C1. The number of aromatic nitrogens is 3. The van der Waals surface area contributed by atoms with Gasteiger partial charge in [0.1, 0.15) is 11.6 Å². The third kappa shape index (κ3) is 3.55. The molecule has 2 atom stereocenters. The van der Waals surface area contributed by atoms with Crippen molar-refractivity contribution in [3.8, 4) is 11.1 Å². The van der Waals surface area contributed by atoms with E-state index in [9.17, 15) is 18.4 Å². The number of fused-ring (bicyclic) bond motifs is 1. The van der Waals surface area contributed by atoms with Crippen molar-refractivity contribution < 1.29 is 22.9 Å². The van der Waals surface area contributed by atoms with E-state index >= 15 is 0 Å². The van der Waals surface area contributed by atoms with Crippen LogP contribution in [0.15, 0.2) is 52.4 Å². The standard InChI is InChI=1S/C26H22F2N4O3S/c1-14-25(15(2)35-30-14)16-3-6-22-21(11-16)29-26(32(22)36-10-9-18(33)13-36)23-7-8-24(34)31(23)17-4-5-19(27)20(28)12-17/h3-6,9-12,23,36H,7-8,13H2,1-2H3/t23-/m0/s1. The number of benzene rings is 2. The summed E-state index contributed by atoms with van der Waals surface area (Å²) in [5.41, 5.74) is 4.40. The number of hydrogen-bond donors (Lipinski definition) is 1. The van der Waals surface area contributed by atoms with Crippen molar-refractivity contribution in [1.29, 1.82) is 0 Å². The molecule has 0 spiro atoms. The molecule has 2 aliphatic heterocycles. The Balaban J connectivity index is 1.52. The highest BCUT2D eigenvalue weighted by atomic mass is 32.2. The number of thiol groups is 1. The maximum atomic E-state index is 14.1. The van der Waals surface area contributed by atoms with Crippen LogP contribution in [0.5, 0.6) is 0 Å². The van der Waals surface area contributed by atoms with Crippen molar-refractivity contribution in [3.63, 3.8) is 0 Å². The normalized spacial score (nSPS) is 20.8. The monoisotopic (exact) mass is 508 g/mol. The number of carbonyl (C=O) groups is 2. The maximum Gasteiger partial charge on any atom is 0.227 e. The second-order valence-electron chi connectivity index (χ2n) is 8.98. The Morgan fingerprint density at radius 1 is 1.08 bits per heavy atom. The minimum absolute atomic E-state index is 0.0428. The lowest BCUT2D eigenvalue weighted by Gasteiger charge is -2.27. The molecule has 1 unspecified atom stereocenters. The van der Waals surface area contributed by atoms with Crippen LogP contribution in [0.1, 0.15) is 36.2 Å². The summed E-state index contributed by atoms with van der Waals surface area (Å²) < 4.78 is 35.1. The molecule has 0 aliphatic carbocycles. The summed E-state index contributed by atoms with van der Waals surface area (Å²) in [6, 6.07) is 8.88. The largest absolute Gasteiger partial charge is 0.361 e. The molecule has 0 radical (unpaired) electrons. The number of allylic oxidation sites excluding steroid dienone is 1. The molecule has 2 aromatic heterocycles. The molecule has 2 aromatic carbocycles. The first-order chi connectivity index (χ1) is 17.3. The van der Waals surface area contributed by atoms with Crippen molar-refractivity contribution in [2.45, 2.75) is 32.7 Å². The van der Waals surface area contributed by atoms with Crippen LogP contribution in [0.2, 0.25) is 0 Å². The number of halogens is 2. The molecule has 184 valence electrons. The highest BCUT2D eigenvalue weighted by Gasteiger charge is 2.38. The van der Waals surface area contributed by atoms with Crippen LogP contribution in [0, 0.1) is 25.5 Å². The molecule has 7 nitrogen and oxygen atoms in total. The minimum atomic E-state index is -1.04. The van der Waals surface area contributed by atoms with Crippen molar-refractivity contribution >= 4 is 39.5 Å². The van der Waals surface area contributed by atoms with Gasteiger partial charge in [-0.1, -0.05) is 11.2 Å². The van der Waals surface area contributed by atoms with Gasteiger partial charge in [0.15, 0.2) is 17.4 Å². The van der Waals surface area contributed by atoms with Crippen molar-refractivity contribution in [2.24, 2.45) is 0 Å². The lowest BCUT2D eigenvalue weighted by atomic mass is 10.0. The number of rotatable bonds is 4. The molecule has 36 heavy (non-hydrogen) atoms. The third-order valence-electron chi connectivity index (χ3n) is 6.68. The summed E-state index contributed by atoms with van der Waals surface area (Å²) in [6.45, 7) is 3.73.